The number of nitrogens with one attached hydrogen (secondary N) is 1. The van der Waals surface area contributed by atoms with Gasteiger partial charge in [0.2, 0.25) is 0 Å². The summed E-state index contributed by atoms with van der Waals surface area (Å²) in [6.45, 7) is 2.17. The number of rotatable bonds is 0. The molecule has 1 aromatic heterocycles. The molecule has 0 saturated carbocycles. The third-order valence-electron chi connectivity index (χ3n) is 4.64. The van der Waals surface area contributed by atoms with Gasteiger partial charge in [0.05, 0.1) is 5.69 Å². The van der Waals surface area contributed by atoms with Crippen molar-refractivity contribution in [3.63, 3.8) is 0 Å². The van der Waals surface area contributed by atoms with Crippen LogP contribution in [0.2, 0.25) is 0 Å². The van der Waals surface area contributed by atoms with E-state index in [1.165, 1.54) is 28.0 Å². The van der Waals surface area contributed by atoms with E-state index in [0.717, 1.165) is 38.8 Å². The molecular formula is C19H21ClN2. The first-order valence-corrected chi connectivity index (χ1v) is 7.89. The van der Waals surface area contributed by atoms with E-state index in [9.17, 15) is 0 Å². The first kappa shape index (κ1) is 15.3. The Hall–Kier alpha value is -1.64. The number of hydrogen-bond donors (Lipinski definition) is 1. The normalized spacial score (nSPS) is 17.1. The van der Waals surface area contributed by atoms with Crippen LogP contribution < -0.4 is 5.32 Å². The third kappa shape index (κ3) is 2.69. The zero-order valence-electron chi connectivity index (χ0n) is 12.6. The van der Waals surface area contributed by atoms with E-state index >= 15 is 0 Å². The van der Waals surface area contributed by atoms with Crippen LogP contribution in [0.4, 0.5) is 0 Å². The van der Waals surface area contributed by atoms with Gasteiger partial charge < -0.3 is 5.32 Å². The van der Waals surface area contributed by atoms with Crippen LogP contribution in [-0.4, -0.2) is 18.1 Å². The second-order valence-electron chi connectivity index (χ2n) is 5.90. The highest BCUT2D eigenvalue weighted by atomic mass is 35.5. The molecule has 0 atom stereocenters. The summed E-state index contributed by atoms with van der Waals surface area (Å²) in [6.07, 6.45) is 6.42. The minimum Gasteiger partial charge on any atom is -0.316 e. The Morgan fingerprint density at radius 1 is 0.818 bits per heavy atom. The van der Waals surface area contributed by atoms with Gasteiger partial charge in [-0.05, 0) is 61.5 Å². The van der Waals surface area contributed by atoms with Gasteiger partial charge in [-0.15, -0.1) is 12.4 Å². The molecular weight excluding hydrogens is 292 g/mol. The lowest BCUT2D eigenvalue weighted by molar-refractivity contribution is 0.611. The minimum atomic E-state index is 0. The monoisotopic (exact) mass is 312 g/mol. The van der Waals surface area contributed by atoms with Gasteiger partial charge in [0, 0.05) is 11.8 Å². The van der Waals surface area contributed by atoms with Gasteiger partial charge in [0.15, 0.2) is 0 Å². The Morgan fingerprint density at radius 3 is 2.41 bits per heavy atom. The van der Waals surface area contributed by atoms with E-state index in [-0.39, 0.29) is 12.4 Å². The maximum absolute atomic E-state index is 4.76. The Bertz CT molecular complexity index is 649. The largest absolute Gasteiger partial charge is 0.316 e. The lowest BCUT2D eigenvalue weighted by Crippen LogP contribution is -2.24. The van der Waals surface area contributed by atoms with Crippen molar-refractivity contribution in [3.8, 4) is 0 Å². The molecule has 0 amide bonds. The van der Waals surface area contributed by atoms with Gasteiger partial charge in [-0.2, -0.15) is 0 Å². The van der Waals surface area contributed by atoms with E-state index in [2.05, 4.69) is 41.7 Å². The summed E-state index contributed by atoms with van der Waals surface area (Å²) in [5, 5.41) is 3.46. The van der Waals surface area contributed by atoms with E-state index in [1.54, 1.807) is 5.57 Å². The molecule has 1 aliphatic heterocycles. The number of aryl methyl sites for hydroxylation is 2. The van der Waals surface area contributed by atoms with Gasteiger partial charge >= 0.3 is 0 Å². The van der Waals surface area contributed by atoms with Crippen molar-refractivity contribution in [2.24, 2.45) is 0 Å². The van der Waals surface area contributed by atoms with Crippen LogP contribution >= 0.6 is 12.4 Å². The van der Waals surface area contributed by atoms with Gasteiger partial charge in [-0.3, -0.25) is 4.98 Å². The fourth-order valence-electron chi connectivity index (χ4n) is 3.58. The van der Waals surface area contributed by atoms with Crippen molar-refractivity contribution < 1.29 is 0 Å². The quantitative estimate of drug-likeness (QED) is 0.800. The molecule has 4 rings (SSSR count). The number of fused-ring (bicyclic) bond motifs is 2. The maximum atomic E-state index is 4.76. The second kappa shape index (κ2) is 6.64. The zero-order valence-corrected chi connectivity index (χ0v) is 13.5. The molecule has 1 saturated heterocycles. The van der Waals surface area contributed by atoms with Crippen LogP contribution in [0.1, 0.15) is 35.2 Å². The van der Waals surface area contributed by atoms with Crippen molar-refractivity contribution >= 4 is 18.0 Å². The number of benzene rings is 1. The molecule has 0 spiro atoms. The molecule has 1 aromatic carbocycles. The average Bonchev–Trinajstić information content (AvgIpc) is 2.72. The Morgan fingerprint density at radius 2 is 1.55 bits per heavy atom. The first-order chi connectivity index (χ1) is 10.4. The number of piperidine rings is 1. The molecule has 1 aliphatic carbocycles. The fourth-order valence-corrected chi connectivity index (χ4v) is 3.58. The molecule has 1 N–H and O–H groups in total. The van der Waals surface area contributed by atoms with Crippen molar-refractivity contribution in [2.45, 2.75) is 25.7 Å². The van der Waals surface area contributed by atoms with Crippen molar-refractivity contribution in [3.05, 3.63) is 70.6 Å². The smallest absolute Gasteiger partial charge is 0.0739 e. The molecule has 2 aliphatic rings. The molecule has 3 heteroatoms. The lowest BCUT2D eigenvalue weighted by atomic mass is 9.89. The summed E-state index contributed by atoms with van der Waals surface area (Å²) in [7, 11) is 0. The van der Waals surface area contributed by atoms with Crippen LogP contribution in [0, 0.1) is 0 Å². The van der Waals surface area contributed by atoms with E-state index < -0.39 is 0 Å². The molecule has 114 valence electrons. The van der Waals surface area contributed by atoms with Crippen molar-refractivity contribution in [1.29, 1.82) is 0 Å². The molecule has 0 bridgehead atoms. The summed E-state index contributed by atoms with van der Waals surface area (Å²) in [5.74, 6) is 0. The third-order valence-corrected chi connectivity index (χ3v) is 4.64. The predicted octanol–water partition coefficient (Wildman–Crippen LogP) is 3.79. The van der Waals surface area contributed by atoms with Gasteiger partial charge in [0.25, 0.3) is 0 Å². The Kier molecular flexibility index (Phi) is 4.60. The summed E-state index contributed by atoms with van der Waals surface area (Å²) < 4.78 is 0. The van der Waals surface area contributed by atoms with Crippen LogP contribution in [0.25, 0.3) is 5.57 Å². The topological polar surface area (TPSA) is 24.9 Å². The number of nitrogens with zero attached hydrogens (tertiary/aromatic N) is 1. The second-order valence-corrected chi connectivity index (χ2v) is 5.90. The van der Waals surface area contributed by atoms with E-state index in [1.807, 2.05) is 6.20 Å². The molecule has 2 aromatic rings. The van der Waals surface area contributed by atoms with E-state index in [4.69, 9.17) is 4.98 Å². The predicted molar refractivity (Wildman–Crippen MR) is 93.5 cm³/mol. The van der Waals surface area contributed by atoms with Gasteiger partial charge in [-0.1, -0.05) is 35.9 Å². The zero-order chi connectivity index (χ0) is 14.1. The number of pyridine rings is 1. The van der Waals surface area contributed by atoms with Crippen molar-refractivity contribution in [2.75, 3.05) is 13.1 Å². The molecule has 0 radical (unpaired) electrons. The molecule has 2 heterocycles. The van der Waals surface area contributed by atoms with Gasteiger partial charge in [-0.25, -0.2) is 0 Å². The Labute approximate surface area is 138 Å². The summed E-state index contributed by atoms with van der Waals surface area (Å²) >= 11 is 0. The number of halogens is 1. The molecule has 1 fully saturated rings. The standard InChI is InChI=1S/C19H20N2.ClH/c1-2-6-17-14(4-1)7-8-16-5-3-11-21-19(16)18(17)15-9-12-20-13-10-15;/h1-6,11,20H,7-10,12-13H2;1H. The van der Waals surface area contributed by atoms with Crippen LogP contribution in [0.5, 0.6) is 0 Å². The van der Waals surface area contributed by atoms with Gasteiger partial charge in [0.1, 0.15) is 0 Å². The highest BCUT2D eigenvalue weighted by molar-refractivity contribution is 5.85. The minimum absolute atomic E-state index is 0. The fraction of sp³-hybridized carbons (Fsp3) is 0.316. The van der Waals surface area contributed by atoms with Crippen LogP contribution in [-0.2, 0) is 12.8 Å². The maximum Gasteiger partial charge on any atom is 0.0739 e. The van der Waals surface area contributed by atoms with Crippen LogP contribution in [0.3, 0.4) is 0 Å². The summed E-state index contributed by atoms with van der Waals surface area (Å²) in [6, 6.07) is 13.2. The highest BCUT2D eigenvalue weighted by Gasteiger charge is 2.22. The highest BCUT2D eigenvalue weighted by Crippen LogP contribution is 2.36. The van der Waals surface area contributed by atoms with E-state index in [0.29, 0.717) is 0 Å². The average molecular weight is 313 g/mol. The molecule has 2 nitrogen and oxygen atoms in total. The number of hydrogen-bond acceptors (Lipinski definition) is 2. The summed E-state index contributed by atoms with van der Waals surface area (Å²) in [5.41, 5.74) is 8.49. The Balaban J connectivity index is 0.00000144. The summed E-state index contributed by atoms with van der Waals surface area (Å²) in [4.78, 5) is 4.76. The SMILES string of the molecule is Cl.c1ccc2c(c1)CCc1cccnc1C2=C1CCNCC1. The molecule has 22 heavy (non-hydrogen) atoms. The molecule has 0 unspecified atom stereocenters. The van der Waals surface area contributed by atoms with Crippen molar-refractivity contribution in [1.82, 2.24) is 10.3 Å². The first-order valence-electron chi connectivity index (χ1n) is 7.89. The van der Waals surface area contributed by atoms with Crippen LogP contribution in [0.15, 0.2) is 48.2 Å². The number of aromatic nitrogens is 1. The lowest BCUT2D eigenvalue weighted by Gasteiger charge is -2.21.